The predicted molar refractivity (Wildman–Crippen MR) is 95.0 cm³/mol. The van der Waals surface area contributed by atoms with Crippen LogP contribution in [-0.2, 0) is 0 Å². The first-order valence-electron chi connectivity index (χ1n) is 8.83. The van der Waals surface area contributed by atoms with Crippen molar-refractivity contribution in [1.29, 1.82) is 0 Å². The molecule has 3 rings (SSSR count). The second-order valence-corrected chi connectivity index (χ2v) is 8.22. The first kappa shape index (κ1) is 16.8. The van der Waals surface area contributed by atoms with Crippen LogP contribution in [0, 0.1) is 0 Å². The summed E-state index contributed by atoms with van der Waals surface area (Å²) in [6, 6.07) is 2.63. The van der Waals surface area contributed by atoms with Gasteiger partial charge in [0.2, 0.25) is 0 Å². The zero-order valence-corrected chi connectivity index (χ0v) is 15.0. The van der Waals surface area contributed by atoms with Crippen molar-refractivity contribution in [2.45, 2.75) is 56.4 Å². The summed E-state index contributed by atoms with van der Waals surface area (Å²) in [5.41, 5.74) is 0.588. The number of nitrogens with zero attached hydrogens (tertiary/aromatic N) is 3. The molecule has 0 radical (unpaired) electrons. The SMILES string of the molecule is CCSC1CCC(N(C)C(=O)c2ccn(C3CCCNC3)n2)C1. The molecule has 1 amide bonds. The molecule has 128 valence electrons. The van der Waals surface area contributed by atoms with E-state index in [4.69, 9.17) is 0 Å². The van der Waals surface area contributed by atoms with Crippen molar-refractivity contribution in [2.24, 2.45) is 0 Å². The molecule has 1 N–H and O–H groups in total. The minimum Gasteiger partial charge on any atom is -0.337 e. The Kier molecular flexibility index (Phi) is 5.64. The van der Waals surface area contributed by atoms with Gasteiger partial charge in [-0.25, -0.2) is 0 Å². The number of amides is 1. The average Bonchev–Trinajstić information content (AvgIpc) is 3.24. The maximum Gasteiger partial charge on any atom is 0.274 e. The van der Waals surface area contributed by atoms with Gasteiger partial charge in [-0.2, -0.15) is 16.9 Å². The van der Waals surface area contributed by atoms with Crippen molar-refractivity contribution < 1.29 is 4.79 Å². The summed E-state index contributed by atoms with van der Waals surface area (Å²) < 4.78 is 1.97. The summed E-state index contributed by atoms with van der Waals surface area (Å²) in [7, 11) is 1.94. The number of hydrogen-bond donors (Lipinski definition) is 1. The second-order valence-electron chi connectivity index (χ2n) is 6.64. The van der Waals surface area contributed by atoms with Gasteiger partial charge in [0.1, 0.15) is 5.69 Å². The van der Waals surface area contributed by atoms with Gasteiger partial charge in [-0.15, -0.1) is 0 Å². The first-order chi connectivity index (χ1) is 11.2. The van der Waals surface area contributed by atoms with E-state index in [1.807, 2.05) is 40.7 Å². The Bertz CT molecular complexity index is 526. The van der Waals surface area contributed by atoms with Crippen LogP contribution in [0.3, 0.4) is 0 Å². The normalized spacial score (nSPS) is 28.0. The third kappa shape index (κ3) is 3.91. The van der Waals surface area contributed by atoms with Crippen LogP contribution in [0.15, 0.2) is 12.3 Å². The Balaban J connectivity index is 1.60. The molecule has 5 nitrogen and oxygen atoms in total. The van der Waals surface area contributed by atoms with Crippen LogP contribution in [0.5, 0.6) is 0 Å². The second kappa shape index (κ2) is 7.71. The first-order valence-corrected chi connectivity index (χ1v) is 9.88. The maximum atomic E-state index is 12.7. The Hall–Kier alpha value is -1.01. The van der Waals surface area contributed by atoms with Crippen LogP contribution in [-0.4, -0.2) is 57.8 Å². The highest BCUT2D eigenvalue weighted by Gasteiger charge is 2.31. The quantitative estimate of drug-likeness (QED) is 0.898. The minimum atomic E-state index is 0.0691. The highest BCUT2D eigenvalue weighted by atomic mass is 32.2. The van der Waals surface area contributed by atoms with E-state index in [9.17, 15) is 4.79 Å². The number of nitrogens with one attached hydrogen (secondary N) is 1. The Morgan fingerprint density at radius 3 is 3.09 bits per heavy atom. The van der Waals surface area contributed by atoms with E-state index < -0.39 is 0 Å². The summed E-state index contributed by atoms with van der Waals surface area (Å²) in [5.74, 6) is 1.23. The molecule has 3 atom stereocenters. The number of carbonyl (C=O) groups excluding carboxylic acids is 1. The van der Waals surface area contributed by atoms with E-state index >= 15 is 0 Å². The van der Waals surface area contributed by atoms with Gasteiger partial charge in [0, 0.05) is 31.1 Å². The van der Waals surface area contributed by atoms with Gasteiger partial charge in [0.15, 0.2) is 0 Å². The Labute approximate surface area is 143 Å². The van der Waals surface area contributed by atoms with Crippen molar-refractivity contribution in [3.63, 3.8) is 0 Å². The van der Waals surface area contributed by atoms with E-state index in [0.29, 0.717) is 23.0 Å². The van der Waals surface area contributed by atoms with Crippen LogP contribution < -0.4 is 5.32 Å². The van der Waals surface area contributed by atoms with Gasteiger partial charge < -0.3 is 10.2 Å². The van der Waals surface area contributed by atoms with Crippen LogP contribution in [0.2, 0.25) is 0 Å². The standard InChI is InChI=1S/C17H28N4OS/c1-3-23-15-7-6-13(11-15)20(2)17(22)16-8-10-21(19-16)14-5-4-9-18-12-14/h8,10,13-15,18H,3-7,9,11-12H2,1-2H3. The van der Waals surface area contributed by atoms with Gasteiger partial charge in [-0.05, 0) is 50.5 Å². The number of carbonyl (C=O) groups is 1. The van der Waals surface area contributed by atoms with Crippen molar-refractivity contribution in [3.8, 4) is 0 Å². The summed E-state index contributed by atoms with van der Waals surface area (Å²) in [6.07, 6.45) is 7.73. The lowest BCUT2D eigenvalue weighted by molar-refractivity contribution is 0.0728. The fraction of sp³-hybridized carbons (Fsp3) is 0.765. The van der Waals surface area contributed by atoms with Gasteiger partial charge in [0.05, 0.1) is 6.04 Å². The molecule has 1 saturated carbocycles. The van der Waals surface area contributed by atoms with Crippen molar-refractivity contribution in [3.05, 3.63) is 18.0 Å². The van der Waals surface area contributed by atoms with Crippen LogP contribution in [0.1, 0.15) is 55.6 Å². The highest BCUT2D eigenvalue weighted by molar-refractivity contribution is 7.99. The molecule has 2 aliphatic rings. The van der Waals surface area contributed by atoms with Crippen LogP contribution in [0.25, 0.3) is 0 Å². The summed E-state index contributed by atoms with van der Waals surface area (Å²) in [5, 5.41) is 8.67. The van der Waals surface area contributed by atoms with Crippen molar-refractivity contribution in [1.82, 2.24) is 20.0 Å². The lowest BCUT2D eigenvalue weighted by Gasteiger charge is -2.24. The lowest BCUT2D eigenvalue weighted by Crippen LogP contribution is -2.36. The molecule has 23 heavy (non-hydrogen) atoms. The summed E-state index contributed by atoms with van der Waals surface area (Å²) in [6.45, 7) is 4.24. The molecular formula is C17H28N4OS. The smallest absolute Gasteiger partial charge is 0.274 e. The summed E-state index contributed by atoms with van der Waals surface area (Å²) in [4.78, 5) is 14.6. The number of thioether (sulfide) groups is 1. The van der Waals surface area contributed by atoms with Gasteiger partial charge in [-0.1, -0.05) is 6.92 Å². The fourth-order valence-corrected chi connectivity index (χ4v) is 4.85. The minimum absolute atomic E-state index is 0.0691. The van der Waals surface area contributed by atoms with E-state index in [2.05, 4.69) is 17.3 Å². The van der Waals surface area contributed by atoms with E-state index in [-0.39, 0.29) is 5.91 Å². The topological polar surface area (TPSA) is 50.2 Å². The van der Waals surface area contributed by atoms with Gasteiger partial charge >= 0.3 is 0 Å². The summed E-state index contributed by atoms with van der Waals surface area (Å²) >= 11 is 2.03. The number of rotatable bonds is 5. The monoisotopic (exact) mass is 336 g/mol. The van der Waals surface area contributed by atoms with Crippen molar-refractivity contribution in [2.75, 3.05) is 25.9 Å². The molecule has 2 heterocycles. The molecule has 6 heteroatoms. The Morgan fingerprint density at radius 2 is 2.35 bits per heavy atom. The molecule has 1 aromatic heterocycles. The molecule has 1 saturated heterocycles. The molecule has 1 aliphatic heterocycles. The molecule has 2 fully saturated rings. The van der Waals surface area contributed by atoms with E-state index in [1.165, 1.54) is 12.8 Å². The number of piperidine rings is 1. The molecule has 0 spiro atoms. The van der Waals surface area contributed by atoms with Gasteiger partial charge in [-0.3, -0.25) is 9.48 Å². The largest absolute Gasteiger partial charge is 0.337 e. The fourth-order valence-electron chi connectivity index (χ4n) is 3.72. The molecule has 0 aromatic carbocycles. The zero-order valence-electron chi connectivity index (χ0n) is 14.2. The van der Waals surface area contributed by atoms with Gasteiger partial charge in [0.25, 0.3) is 5.91 Å². The third-order valence-electron chi connectivity index (χ3n) is 5.10. The van der Waals surface area contributed by atoms with Crippen LogP contribution in [0.4, 0.5) is 0 Å². The lowest BCUT2D eigenvalue weighted by atomic mass is 10.1. The molecular weight excluding hydrogens is 308 g/mol. The third-order valence-corrected chi connectivity index (χ3v) is 6.33. The van der Waals surface area contributed by atoms with Crippen LogP contribution >= 0.6 is 11.8 Å². The van der Waals surface area contributed by atoms with E-state index in [1.54, 1.807) is 0 Å². The zero-order chi connectivity index (χ0) is 16.2. The average molecular weight is 337 g/mol. The molecule has 0 bridgehead atoms. The molecule has 1 aliphatic carbocycles. The molecule has 3 unspecified atom stereocenters. The Morgan fingerprint density at radius 1 is 1.48 bits per heavy atom. The molecule has 1 aromatic rings. The van der Waals surface area contributed by atoms with Crippen molar-refractivity contribution >= 4 is 17.7 Å². The van der Waals surface area contributed by atoms with E-state index in [0.717, 1.165) is 38.1 Å². The highest BCUT2D eigenvalue weighted by Crippen LogP contribution is 2.32. The maximum absolute atomic E-state index is 12.7. The predicted octanol–water partition coefficient (Wildman–Crippen LogP) is 2.55. The number of hydrogen-bond acceptors (Lipinski definition) is 4. The number of aromatic nitrogens is 2.